The summed E-state index contributed by atoms with van der Waals surface area (Å²) in [6, 6.07) is 0. The zero-order chi connectivity index (χ0) is 27.7. The minimum atomic E-state index is -4.47. The number of rotatable bonds is 26. The van der Waals surface area contributed by atoms with Gasteiger partial charge in [-0.1, -0.05) is 108 Å². The number of aromatic amines is 1. The maximum atomic E-state index is 11.9. The van der Waals surface area contributed by atoms with E-state index in [1.807, 2.05) is 5.38 Å². The largest absolute Gasteiger partial charge is 0.756 e. The van der Waals surface area contributed by atoms with Gasteiger partial charge in [0, 0.05) is 13.7 Å². The lowest BCUT2D eigenvalue weighted by molar-refractivity contribution is -0.382. The molecule has 0 fully saturated rings. The normalized spacial score (nSPS) is 13.8. The Bertz CT molecular complexity index is 724. The Morgan fingerprint density at radius 2 is 1.53 bits per heavy atom. The quantitative estimate of drug-likeness (QED) is 0.102. The van der Waals surface area contributed by atoms with E-state index >= 15 is 0 Å². The van der Waals surface area contributed by atoms with Crippen LogP contribution < -0.4 is 15.2 Å². The molecule has 1 aromatic heterocycles. The number of aromatic nitrogens is 1. The maximum absolute atomic E-state index is 11.9. The Hall–Kier alpha value is -1.03. The number of hydrogen-bond donors (Lipinski definition) is 1. The molecule has 11 heteroatoms. The SMILES string of the molecule is CCCCCCCCCCCCCCCCCNC(=O)OCC(COP(=O)([O-])OCCc1[nH+]ccs1)OC. The van der Waals surface area contributed by atoms with Gasteiger partial charge in [0.05, 0.1) is 25.0 Å². The Labute approximate surface area is 234 Å². The molecule has 0 saturated heterocycles. The minimum absolute atomic E-state index is 0.0202. The monoisotopic (exact) mass is 578 g/mol. The maximum Gasteiger partial charge on any atom is 0.407 e. The highest BCUT2D eigenvalue weighted by Gasteiger charge is 2.17. The molecule has 38 heavy (non-hydrogen) atoms. The number of nitrogens with one attached hydrogen (secondary N) is 2. The van der Waals surface area contributed by atoms with Crippen LogP contribution in [0.4, 0.5) is 4.79 Å². The second-order valence-electron chi connectivity index (χ2n) is 9.65. The number of carbonyl (C=O) groups is 1. The van der Waals surface area contributed by atoms with Gasteiger partial charge in [0.2, 0.25) is 5.01 Å². The van der Waals surface area contributed by atoms with Crippen molar-refractivity contribution < 1.29 is 37.8 Å². The molecule has 1 amide bonds. The van der Waals surface area contributed by atoms with Gasteiger partial charge in [-0.15, -0.1) is 0 Å². The smallest absolute Gasteiger partial charge is 0.407 e. The van der Waals surface area contributed by atoms with Crippen LogP contribution in [-0.4, -0.2) is 45.7 Å². The fourth-order valence-electron chi connectivity index (χ4n) is 3.96. The van der Waals surface area contributed by atoms with Crippen molar-refractivity contribution in [3.63, 3.8) is 0 Å². The van der Waals surface area contributed by atoms with E-state index in [-0.39, 0.29) is 19.8 Å². The van der Waals surface area contributed by atoms with Crippen molar-refractivity contribution >= 4 is 25.3 Å². The second-order valence-corrected chi connectivity index (χ2v) is 12.1. The number of thiazole rings is 1. The fourth-order valence-corrected chi connectivity index (χ4v) is 5.34. The molecular weight excluding hydrogens is 527 g/mol. The van der Waals surface area contributed by atoms with Gasteiger partial charge < -0.3 is 28.7 Å². The second kappa shape index (κ2) is 23.8. The van der Waals surface area contributed by atoms with Crippen LogP contribution in [0.1, 0.15) is 108 Å². The highest BCUT2D eigenvalue weighted by Crippen LogP contribution is 2.38. The molecule has 1 rings (SSSR count). The van der Waals surface area contributed by atoms with E-state index in [1.54, 1.807) is 6.20 Å². The van der Waals surface area contributed by atoms with Crippen LogP contribution in [0.25, 0.3) is 0 Å². The zero-order valence-corrected chi connectivity index (χ0v) is 25.3. The van der Waals surface area contributed by atoms with Gasteiger partial charge in [-0.2, -0.15) is 0 Å². The fraction of sp³-hybridized carbons (Fsp3) is 0.852. The third kappa shape index (κ3) is 20.9. The first kappa shape index (κ1) is 35.0. The summed E-state index contributed by atoms with van der Waals surface area (Å²) in [4.78, 5) is 26.8. The lowest BCUT2D eigenvalue weighted by Gasteiger charge is -2.24. The number of alkyl carbamates (subject to hydrolysis) is 1. The van der Waals surface area contributed by atoms with E-state index < -0.39 is 20.0 Å². The first-order valence-electron chi connectivity index (χ1n) is 14.4. The third-order valence-corrected chi connectivity index (χ3v) is 8.15. The van der Waals surface area contributed by atoms with Crippen LogP contribution in [0.2, 0.25) is 0 Å². The van der Waals surface area contributed by atoms with Crippen LogP contribution in [0.15, 0.2) is 11.6 Å². The Morgan fingerprint density at radius 3 is 2.05 bits per heavy atom. The van der Waals surface area contributed by atoms with Crippen LogP contribution in [0, 0.1) is 0 Å². The van der Waals surface area contributed by atoms with Crippen molar-refractivity contribution in [1.29, 1.82) is 0 Å². The summed E-state index contributed by atoms with van der Waals surface area (Å²) in [6.45, 7) is 2.38. The van der Waals surface area contributed by atoms with E-state index in [0.717, 1.165) is 17.8 Å². The molecule has 222 valence electrons. The molecule has 2 N–H and O–H groups in total. The summed E-state index contributed by atoms with van der Waals surface area (Å²) < 4.78 is 31.9. The molecule has 9 nitrogen and oxygen atoms in total. The molecule has 0 saturated carbocycles. The molecule has 2 unspecified atom stereocenters. The Balaban J connectivity index is 1.93. The average molecular weight is 579 g/mol. The van der Waals surface area contributed by atoms with Gasteiger partial charge in [-0.3, -0.25) is 4.57 Å². The highest BCUT2D eigenvalue weighted by molar-refractivity contribution is 7.45. The minimum Gasteiger partial charge on any atom is -0.756 e. The molecule has 0 spiro atoms. The molecule has 1 aromatic rings. The summed E-state index contributed by atoms with van der Waals surface area (Å²) in [6.07, 6.45) is 20.4. The van der Waals surface area contributed by atoms with Gasteiger partial charge >= 0.3 is 6.09 Å². The number of hydrogen-bond acceptors (Lipinski definition) is 8. The van der Waals surface area contributed by atoms with Gasteiger partial charge in [0.15, 0.2) is 6.20 Å². The van der Waals surface area contributed by atoms with E-state index in [9.17, 15) is 14.3 Å². The lowest BCUT2D eigenvalue weighted by atomic mass is 10.0. The third-order valence-electron chi connectivity index (χ3n) is 6.30. The summed E-state index contributed by atoms with van der Waals surface area (Å²) >= 11 is 1.48. The molecule has 0 radical (unpaired) electrons. The van der Waals surface area contributed by atoms with Crippen molar-refractivity contribution in [3.8, 4) is 0 Å². The lowest BCUT2D eigenvalue weighted by Crippen LogP contribution is -2.31. The van der Waals surface area contributed by atoms with Gasteiger partial charge in [0.25, 0.3) is 7.82 Å². The molecule has 2 atom stereocenters. The van der Waals surface area contributed by atoms with Crippen LogP contribution in [-0.2, 0) is 29.5 Å². The molecule has 0 aliphatic rings. The average Bonchev–Trinajstić information content (AvgIpc) is 3.42. The van der Waals surface area contributed by atoms with E-state index in [0.29, 0.717) is 13.0 Å². The number of amides is 1. The van der Waals surface area contributed by atoms with Crippen molar-refractivity contribution in [2.75, 3.05) is 33.5 Å². The highest BCUT2D eigenvalue weighted by atomic mass is 32.1. The van der Waals surface area contributed by atoms with Crippen molar-refractivity contribution in [2.45, 2.75) is 116 Å². The van der Waals surface area contributed by atoms with Gasteiger partial charge in [-0.25, -0.2) is 9.78 Å². The number of phosphoric ester groups is 1. The number of methoxy groups -OCH3 is 1. The number of carbonyl (C=O) groups excluding carboxylic acids is 1. The zero-order valence-electron chi connectivity index (χ0n) is 23.6. The molecule has 0 aliphatic heterocycles. The number of phosphoric acid groups is 1. The Kier molecular flexibility index (Phi) is 21.9. The van der Waals surface area contributed by atoms with E-state index in [1.165, 1.54) is 102 Å². The van der Waals surface area contributed by atoms with Crippen LogP contribution >= 0.6 is 19.2 Å². The predicted molar refractivity (Wildman–Crippen MR) is 149 cm³/mol. The van der Waals surface area contributed by atoms with Gasteiger partial charge in [0.1, 0.15) is 12.7 Å². The molecule has 1 heterocycles. The first-order chi connectivity index (χ1) is 18.5. The topological polar surface area (TPSA) is 120 Å². The standard InChI is InChI=1S/C27H51N2O7PS/c1-3-4-5-6-7-8-9-10-11-12-13-14-15-16-17-19-29-27(30)34-23-25(33-2)24-36-37(31,32)35-21-18-26-28-20-22-38-26/h20,22,25H,3-19,21,23-24H2,1-2H3,(H,29,30)(H,31,32). The Morgan fingerprint density at radius 1 is 0.947 bits per heavy atom. The van der Waals surface area contributed by atoms with Crippen molar-refractivity contribution in [2.24, 2.45) is 0 Å². The molecule has 0 bridgehead atoms. The van der Waals surface area contributed by atoms with Gasteiger partial charge in [-0.05, 0) is 6.42 Å². The van der Waals surface area contributed by atoms with E-state index in [2.05, 4.69) is 17.2 Å². The van der Waals surface area contributed by atoms with Crippen molar-refractivity contribution in [3.05, 3.63) is 16.6 Å². The number of unbranched alkanes of at least 4 members (excludes halogenated alkanes) is 14. The van der Waals surface area contributed by atoms with Crippen LogP contribution in [0.3, 0.4) is 0 Å². The summed E-state index contributed by atoms with van der Waals surface area (Å²) in [5.74, 6) is 0. The predicted octanol–water partition coefficient (Wildman–Crippen LogP) is 6.22. The molecule has 0 aromatic carbocycles. The summed E-state index contributed by atoms with van der Waals surface area (Å²) in [5.41, 5.74) is 0. The summed E-state index contributed by atoms with van der Waals surface area (Å²) in [5, 5.41) is 5.49. The number of ether oxygens (including phenoxy) is 2. The number of H-pyrrole nitrogens is 1. The molecular formula is C27H51N2O7PS. The van der Waals surface area contributed by atoms with Crippen molar-refractivity contribution in [1.82, 2.24) is 5.32 Å². The molecule has 0 aliphatic carbocycles. The van der Waals surface area contributed by atoms with Crippen LogP contribution in [0.5, 0.6) is 0 Å². The first-order valence-corrected chi connectivity index (χ1v) is 16.8. The summed E-state index contributed by atoms with van der Waals surface area (Å²) in [7, 11) is -3.07. The van der Waals surface area contributed by atoms with E-state index in [4.69, 9.17) is 18.5 Å².